The SMILES string of the molecule is Cc1cc(OCc2nonc2C)c(C)cc1N. The molecule has 1 aromatic heterocycles. The number of nitrogen functional groups attached to an aromatic ring is 1. The molecule has 0 saturated carbocycles. The van der Waals surface area contributed by atoms with Gasteiger partial charge in [-0.3, -0.25) is 0 Å². The van der Waals surface area contributed by atoms with Gasteiger partial charge in [0, 0.05) is 5.69 Å². The molecule has 2 rings (SSSR count). The normalized spacial score (nSPS) is 10.5. The zero-order valence-electron chi connectivity index (χ0n) is 10.2. The molecule has 0 saturated heterocycles. The Morgan fingerprint density at radius 3 is 2.59 bits per heavy atom. The molecule has 0 amide bonds. The van der Waals surface area contributed by atoms with Gasteiger partial charge in [-0.05, 0) is 44.0 Å². The van der Waals surface area contributed by atoms with Gasteiger partial charge in [0.2, 0.25) is 0 Å². The zero-order valence-corrected chi connectivity index (χ0v) is 10.2. The van der Waals surface area contributed by atoms with E-state index in [0.717, 1.165) is 28.3 Å². The minimum atomic E-state index is 0.347. The summed E-state index contributed by atoms with van der Waals surface area (Å²) in [5.41, 5.74) is 10.0. The molecule has 0 bridgehead atoms. The third-order valence-corrected chi connectivity index (χ3v) is 2.67. The summed E-state index contributed by atoms with van der Waals surface area (Å²) in [7, 11) is 0. The Labute approximate surface area is 99.5 Å². The second-order valence-electron chi connectivity index (χ2n) is 4.06. The molecule has 0 unspecified atom stereocenters. The van der Waals surface area contributed by atoms with E-state index < -0.39 is 0 Å². The fourth-order valence-electron chi connectivity index (χ4n) is 1.49. The van der Waals surface area contributed by atoms with Gasteiger partial charge in [-0.1, -0.05) is 10.3 Å². The van der Waals surface area contributed by atoms with Gasteiger partial charge < -0.3 is 10.5 Å². The lowest BCUT2D eigenvalue weighted by Crippen LogP contribution is -2.00. The fraction of sp³-hybridized carbons (Fsp3) is 0.333. The summed E-state index contributed by atoms with van der Waals surface area (Å²) in [6, 6.07) is 3.83. The topological polar surface area (TPSA) is 74.2 Å². The first-order chi connectivity index (χ1) is 8.08. The number of nitrogens with two attached hydrogens (primary N) is 1. The number of aryl methyl sites for hydroxylation is 3. The summed E-state index contributed by atoms with van der Waals surface area (Å²) in [5.74, 6) is 0.805. The van der Waals surface area contributed by atoms with E-state index in [4.69, 9.17) is 10.5 Å². The lowest BCUT2D eigenvalue weighted by Gasteiger charge is -2.10. The van der Waals surface area contributed by atoms with Gasteiger partial charge in [0.25, 0.3) is 0 Å². The molecule has 1 heterocycles. The third kappa shape index (κ3) is 2.38. The fourth-order valence-corrected chi connectivity index (χ4v) is 1.49. The van der Waals surface area contributed by atoms with Crippen molar-refractivity contribution in [2.45, 2.75) is 27.4 Å². The van der Waals surface area contributed by atoms with Crippen LogP contribution in [0, 0.1) is 20.8 Å². The van der Waals surface area contributed by atoms with Crippen molar-refractivity contribution in [2.24, 2.45) is 0 Å². The van der Waals surface area contributed by atoms with Crippen molar-refractivity contribution in [3.8, 4) is 5.75 Å². The average Bonchev–Trinajstić information content (AvgIpc) is 2.68. The van der Waals surface area contributed by atoms with Crippen LogP contribution < -0.4 is 10.5 Å². The Hall–Kier alpha value is -2.04. The Balaban J connectivity index is 2.14. The highest BCUT2D eigenvalue weighted by Gasteiger charge is 2.08. The molecule has 2 N–H and O–H groups in total. The van der Waals surface area contributed by atoms with Crippen molar-refractivity contribution in [1.82, 2.24) is 10.3 Å². The number of benzene rings is 1. The smallest absolute Gasteiger partial charge is 0.145 e. The quantitative estimate of drug-likeness (QED) is 0.822. The maximum Gasteiger partial charge on any atom is 0.145 e. The van der Waals surface area contributed by atoms with Gasteiger partial charge in [-0.25, -0.2) is 4.63 Å². The highest BCUT2D eigenvalue weighted by atomic mass is 16.6. The summed E-state index contributed by atoms with van der Waals surface area (Å²) in [6.45, 7) is 6.08. The molecule has 2 aromatic rings. The lowest BCUT2D eigenvalue weighted by atomic mass is 10.1. The first kappa shape index (κ1) is 11.4. The van der Waals surface area contributed by atoms with Crippen LogP contribution in [0.2, 0.25) is 0 Å². The van der Waals surface area contributed by atoms with Crippen LogP contribution in [-0.2, 0) is 6.61 Å². The van der Waals surface area contributed by atoms with E-state index in [-0.39, 0.29) is 0 Å². The van der Waals surface area contributed by atoms with Crippen LogP contribution in [0.4, 0.5) is 5.69 Å². The Morgan fingerprint density at radius 1 is 1.18 bits per heavy atom. The molecule has 0 aliphatic heterocycles. The Bertz CT molecular complexity index is 535. The minimum Gasteiger partial charge on any atom is -0.487 e. The van der Waals surface area contributed by atoms with E-state index in [1.807, 2.05) is 32.9 Å². The molecule has 17 heavy (non-hydrogen) atoms. The van der Waals surface area contributed by atoms with Crippen molar-refractivity contribution in [1.29, 1.82) is 0 Å². The summed E-state index contributed by atoms with van der Waals surface area (Å²) in [6.07, 6.45) is 0. The van der Waals surface area contributed by atoms with Crippen molar-refractivity contribution in [2.75, 3.05) is 5.73 Å². The maximum atomic E-state index is 5.81. The molecule has 5 heteroatoms. The number of nitrogens with zero attached hydrogens (tertiary/aromatic N) is 2. The van der Waals surface area contributed by atoms with Gasteiger partial charge >= 0.3 is 0 Å². The molecule has 0 aliphatic carbocycles. The second kappa shape index (κ2) is 4.45. The monoisotopic (exact) mass is 233 g/mol. The predicted octanol–water partition coefficient (Wildman–Crippen LogP) is 2.16. The molecule has 1 aromatic carbocycles. The molecule has 90 valence electrons. The molecule has 5 nitrogen and oxygen atoms in total. The molecule has 0 radical (unpaired) electrons. The van der Waals surface area contributed by atoms with Crippen molar-refractivity contribution in [3.05, 3.63) is 34.6 Å². The standard InChI is InChI=1S/C12H15N3O2/c1-7-5-12(8(2)4-10(7)13)16-6-11-9(3)14-17-15-11/h4-5H,6,13H2,1-3H3. The summed E-state index contributed by atoms with van der Waals surface area (Å²) < 4.78 is 10.3. The summed E-state index contributed by atoms with van der Waals surface area (Å²) in [4.78, 5) is 0. The number of hydrogen-bond acceptors (Lipinski definition) is 5. The first-order valence-corrected chi connectivity index (χ1v) is 5.35. The van der Waals surface area contributed by atoms with Crippen LogP contribution in [0.5, 0.6) is 5.75 Å². The van der Waals surface area contributed by atoms with Gasteiger partial charge in [-0.15, -0.1) is 0 Å². The van der Waals surface area contributed by atoms with Crippen molar-refractivity contribution < 1.29 is 9.37 Å². The number of ether oxygens (including phenoxy) is 1. The summed E-state index contributed by atoms with van der Waals surface area (Å²) in [5, 5.41) is 7.46. The van der Waals surface area contributed by atoms with E-state index in [1.165, 1.54) is 0 Å². The van der Waals surface area contributed by atoms with E-state index in [0.29, 0.717) is 12.3 Å². The van der Waals surface area contributed by atoms with Crippen LogP contribution in [0.3, 0.4) is 0 Å². The number of aromatic nitrogens is 2. The molecular formula is C12H15N3O2. The molecule has 0 fully saturated rings. The Morgan fingerprint density at radius 2 is 1.94 bits per heavy atom. The first-order valence-electron chi connectivity index (χ1n) is 5.35. The second-order valence-corrected chi connectivity index (χ2v) is 4.06. The van der Waals surface area contributed by atoms with Crippen molar-refractivity contribution in [3.63, 3.8) is 0 Å². The van der Waals surface area contributed by atoms with Crippen LogP contribution in [0.1, 0.15) is 22.5 Å². The third-order valence-electron chi connectivity index (χ3n) is 2.67. The lowest BCUT2D eigenvalue weighted by molar-refractivity contribution is 0.269. The van der Waals surface area contributed by atoms with Gasteiger partial charge in [-0.2, -0.15) is 0 Å². The largest absolute Gasteiger partial charge is 0.487 e. The average molecular weight is 233 g/mol. The van der Waals surface area contributed by atoms with Crippen LogP contribution in [-0.4, -0.2) is 10.3 Å². The number of hydrogen-bond donors (Lipinski definition) is 1. The molecular weight excluding hydrogens is 218 g/mol. The van der Waals surface area contributed by atoms with E-state index >= 15 is 0 Å². The minimum absolute atomic E-state index is 0.347. The van der Waals surface area contributed by atoms with Crippen LogP contribution in [0.15, 0.2) is 16.8 Å². The van der Waals surface area contributed by atoms with Gasteiger partial charge in [0.05, 0.1) is 0 Å². The zero-order chi connectivity index (χ0) is 12.4. The van der Waals surface area contributed by atoms with E-state index in [1.54, 1.807) is 0 Å². The highest BCUT2D eigenvalue weighted by Crippen LogP contribution is 2.25. The van der Waals surface area contributed by atoms with Crippen LogP contribution >= 0.6 is 0 Å². The van der Waals surface area contributed by atoms with Gasteiger partial charge in [0.1, 0.15) is 23.7 Å². The molecule has 0 atom stereocenters. The highest BCUT2D eigenvalue weighted by molar-refractivity contribution is 5.53. The van der Waals surface area contributed by atoms with E-state index in [2.05, 4.69) is 14.9 Å². The summed E-state index contributed by atoms with van der Waals surface area (Å²) >= 11 is 0. The van der Waals surface area contributed by atoms with E-state index in [9.17, 15) is 0 Å². The van der Waals surface area contributed by atoms with Crippen LogP contribution in [0.25, 0.3) is 0 Å². The number of anilines is 1. The van der Waals surface area contributed by atoms with Crippen molar-refractivity contribution >= 4 is 5.69 Å². The predicted molar refractivity (Wildman–Crippen MR) is 63.7 cm³/mol. The molecule has 0 spiro atoms. The molecule has 0 aliphatic rings. The Kier molecular flexibility index (Phi) is 2.99. The van der Waals surface area contributed by atoms with Gasteiger partial charge in [0.15, 0.2) is 0 Å². The maximum absolute atomic E-state index is 5.81. The number of rotatable bonds is 3.